The van der Waals surface area contributed by atoms with Gasteiger partial charge in [-0.3, -0.25) is 0 Å². The Morgan fingerprint density at radius 2 is 2.04 bits per heavy atom. The molecule has 0 radical (unpaired) electrons. The topological polar surface area (TPSA) is 66.0 Å². The molecule has 1 aromatic heterocycles. The van der Waals surface area contributed by atoms with Crippen LogP contribution in [0.2, 0.25) is 0 Å². The quantitative estimate of drug-likeness (QED) is 0.704. The van der Waals surface area contributed by atoms with E-state index < -0.39 is 0 Å². The molecule has 24 heavy (non-hydrogen) atoms. The summed E-state index contributed by atoms with van der Waals surface area (Å²) in [6.45, 7) is 1.41. The number of rotatable bonds is 6. The van der Waals surface area contributed by atoms with Gasteiger partial charge in [0, 0.05) is 29.9 Å². The normalized spacial score (nSPS) is 16.1. The highest BCUT2D eigenvalue weighted by Crippen LogP contribution is 2.35. The van der Waals surface area contributed by atoms with Crippen LogP contribution in [0.4, 0.5) is 10.6 Å². The lowest BCUT2D eigenvalue weighted by Gasteiger charge is -2.25. The average molecular weight is 342 g/mol. The summed E-state index contributed by atoms with van der Waals surface area (Å²) in [5, 5.41) is 9.24. The number of urea groups is 1. The van der Waals surface area contributed by atoms with Crippen molar-refractivity contribution in [1.29, 1.82) is 0 Å². The smallest absolute Gasteiger partial charge is 0.315 e. The van der Waals surface area contributed by atoms with Gasteiger partial charge in [0.15, 0.2) is 0 Å². The summed E-state index contributed by atoms with van der Waals surface area (Å²) in [4.78, 5) is 17.6. The molecule has 0 fully saturated rings. The summed E-state index contributed by atoms with van der Waals surface area (Å²) in [6, 6.07) is 14.1. The lowest BCUT2D eigenvalue weighted by Crippen LogP contribution is -2.39. The third-order valence-electron chi connectivity index (χ3n) is 3.87. The number of aromatic nitrogens is 1. The molecule has 1 atom stereocenters. The van der Waals surface area contributed by atoms with Crippen LogP contribution in [-0.4, -0.2) is 29.9 Å². The zero-order valence-electron chi connectivity index (χ0n) is 13.5. The summed E-state index contributed by atoms with van der Waals surface area (Å²) >= 11 is 1.86. The number of thioether (sulfide) groups is 1. The van der Waals surface area contributed by atoms with Crippen molar-refractivity contribution in [2.24, 2.45) is 0 Å². The van der Waals surface area contributed by atoms with E-state index in [4.69, 9.17) is 0 Å². The van der Waals surface area contributed by atoms with E-state index >= 15 is 0 Å². The lowest BCUT2D eigenvalue weighted by atomic mass is 10.0. The van der Waals surface area contributed by atoms with Gasteiger partial charge in [-0.2, -0.15) is 0 Å². The molecule has 3 rings (SSSR count). The number of hydrogen-bond acceptors (Lipinski definition) is 4. The Kier molecular flexibility index (Phi) is 5.96. The van der Waals surface area contributed by atoms with Crippen LogP contribution in [0, 0.1) is 0 Å². The molecule has 2 aromatic rings. The molecule has 3 N–H and O–H groups in total. The maximum atomic E-state index is 12.1. The van der Waals surface area contributed by atoms with Crippen molar-refractivity contribution in [3.8, 4) is 0 Å². The minimum Gasteiger partial charge on any atom is -0.370 e. The van der Waals surface area contributed by atoms with Gasteiger partial charge in [0.05, 0.1) is 6.04 Å². The van der Waals surface area contributed by atoms with Crippen LogP contribution in [0.25, 0.3) is 0 Å². The number of nitrogens with one attached hydrogen (secondary N) is 3. The minimum atomic E-state index is -0.0976. The maximum absolute atomic E-state index is 12.1. The highest BCUT2D eigenvalue weighted by atomic mass is 32.2. The Hall–Kier alpha value is -2.21. The molecular weight excluding hydrogens is 320 g/mol. The molecule has 1 aliphatic rings. The Balaban J connectivity index is 1.37. The first kappa shape index (κ1) is 16.6. The minimum absolute atomic E-state index is 0.0976. The molecule has 1 unspecified atom stereocenters. The molecule has 126 valence electrons. The first-order chi connectivity index (χ1) is 11.8. The molecule has 0 saturated carbocycles. The fourth-order valence-corrected chi connectivity index (χ4v) is 3.80. The van der Waals surface area contributed by atoms with Crippen LogP contribution in [0.5, 0.6) is 0 Å². The molecule has 1 aliphatic heterocycles. The molecule has 2 amide bonds. The second-order valence-corrected chi connectivity index (χ2v) is 6.76. The third-order valence-corrected chi connectivity index (χ3v) is 5.00. The average Bonchev–Trinajstić information content (AvgIpc) is 2.63. The van der Waals surface area contributed by atoms with Gasteiger partial charge in [0.1, 0.15) is 5.82 Å². The van der Waals surface area contributed by atoms with Gasteiger partial charge in [-0.05, 0) is 36.6 Å². The van der Waals surface area contributed by atoms with Crippen molar-refractivity contribution in [3.05, 3.63) is 54.2 Å². The van der Waals surface area contributed by atoms with Crippen molar-refractivity contribution in [3.63, 3.8) is 0 Å². The second-order valence-electron chi connectivity index (χ2n) is 5.62. The Bertz CT molecular complexity index is 665. The summed E-state index contributed by atoms with van der Waals surface area (Å²) in [6.07, 6.45) is 3.58. The third kappa shape index (κ3) is 4.64. The maximum Gasteiger partial charge on any atom is 0.315 e. The van der Waals surface area contributed by atoms with Crippen molar-refractivity contribution >= 4 is 23.6 Å². The van der Waals surface area contributed by atoms with Crippen molar-refractivity contribution < 1.29 is 4.79 Å². The summed E-state index contributed by atoms with van der Waals surface area (Å²) < 4.78 is 0. The molecular formula is C18H22N4OS. The van der Waals surface area contributed by atoms with E-state index in [1.54, 1.807) is 6.20 Å². The molecule has 0 spiro atoms. The van der Waals surface area contributed by atoms with E-state index in [-0.39, 0.29) is 12.1 Å². The summed E-state index contributed by atoms with van der Waals surface area (Å²) in [5.74, 6) is 1.90. The molecule has 6 heteroatoms. The fraction of sp³-hybridized carbons (Fsp3) is 0.333. The summed E-state index contributed by atoms with van der Waals surface area (Å²) in [5.41, 5.74) is 1.22. The number of anilines is 1. The van der Waals surface area contributed by atoms with Gasteiger partial charge in [0.2, 0.25) is 0 Å². The van der Waals surface area contributed by atoms with Crippen LogP contribution < -0.4 is 16.0 Å². The zero-order chi connectivity index (χ0) is 16.6. The van der Waals surface area contributed by atoms with E-state index in [1.165, 1.54) is 10.5 Å². The standard InChI is InChI=1S/C18H22N4OS/c23-18(21-12-5-11-20-17-8-3-4-10-19-17)22-15-9-13-24-16-7-2-1-6-14(15)16/h1-4,6-8,10,15H,5,9,11-13H2,(H,19,20)(H2,21,22,23). The monoisotopic (exact) mass is 342 g/mol. The van der Waals surface area contributed by atoms with Gasteiger partial charge in [-0.25, -0.2) is 9.78 Å². The molecule has 2 heterocycles. The number of fused-ring (bicyclic) bond motifs is 1. The van der Waals surface area contributed by atoms with Crippen molar-refractivity contribution in [2.45, 2.75) is 23.8 Å². The highest BCUT2D eigenvalue weighted by Gasteiger charge is 2.21. The van der Waals surface area contributed by atoms with Crippen LogP contribution in [0.1, 0.15) is 24.4 Å². The Morgan fingerprint density at radius 3 is 2.92 bits per heavy atom. The van der Waals surface area contributed by atoms with E-state index in [1.807, 2.05) is 42.1 Å². The largest absolute Gasteiger partial charge is 0.370 e. The highest BCUT2D eigenvalue weighted by molar-refractivity contribution is 7.99. The number of carbonyl (C=O) groups is 1. The number of benzene rings is 1. The van der Waals surface area contributed by atoms with Crippen LogP contribution in [-0.2, 0) is 0 Å². The van der Waals surface area contributed by atoms with Gasteiger partial charge < -0.3 is 16.0 Å². The van der Waals surface area contributed by atoms with Gasteiger partial charge in [0.25, 0.3) is 0 Å². The van der Waals surface area contributed by atoms with Crippen molar-refractivity contribution in [1.82, 2.24) is 15.6 Å². The Morgan fingerprint density at radius 1 is 1.17 bits per heavy atom. The molecule has 0 bridgehead atoms. The molecule has 5 nitrogen and oxygen atoms in total. The lowest BCUT2D eigenvalue weighted by molar-refractivity contribution is 0.236. The Labute approximate surface area is 146 Å². The predicted octanol–water partition coefficient (Wildman–Crippen LogP) is 3.42. The molecule has 1 aromatic carbocycles. The first-order valence-electron chi connectivity index (χ1n) is 8.24. The van der Waals surface area contributed by atoms with E-state index in [2.05, 4.69) is 33.1 Å². The molecule has 0 aliphatic carbocycles. The first-order valence-corrected chi connectivity index (χ1v) is 9.22. The van der Waals surface area contributed by atoms with Crippen molar-refractivity contribution in [2.75, 3.05) is 24.2 Å². The van der Waals surface area contributed by atoms with Gasteiger partial charge in [-0.15, -0.1) is 11.8 Å². The number of carbonyl (C=O) groups excluding carboxylic acids is 1. The van der Waals surface area contributed by atoms with Crippen LogP contribution in [0.3, 0.4) is 0 Å². The number of amides is 2. The van der Waals surface area contributed by atoms with Gasteiger partial charge in [-0.1, -0.05) is 24.3 Å². The summed E-state index contributed by atoms with van der Waals surface area (Å²) in [7, 11) is 0. The van der Waals surface area contributed by atoms with E-state index in [0.29, 0.717) is 6.54 Å². The van der Waals surface area contributed by atoms with Gasteiger partial charge >= 0.3 is 6.03 Å². The fourth-order valence-electron chi connectivity index (χ4n) is 2.68. The number of pyridine rings is 1. The van der Waals surface area contributed by atoms with E-state index in [9.17, 15) is 4.79 Å². The van der Waals surface area contributed by atoms with Crippen LogP contribution in [0.15, 0.2) is 53.6 Å². The van der Waals surface area contributed by atoms with Crippen LogP contribution >= 0.6 is 11.8 Å². The predicted molar refractivity (Wildman–Crippen MR) is 98.4 cm³/mol. The number of hydrogen-bond donors (Lipinski definition) is 3. The zero-order valence-corrected chi connectivity index (χ0v) is 14.3. The SMILES string of the molecule is O=C(NCCCNc1ccccn1)NC1CCSc2ccccc21. The number of nitrogens with zero attached hydrogens (tertiary/aromatic N) is 1. The van der Waals surface area contributed by atoms with E-state index in [0.717, 1.165) is 31.0 Å². The second kappa shape index (κ2) is 8.59. The molecule has 0 saturated heterocycles.